The van der Waals surface area contributed by atoms with Crippen LogP contribution in [0.25, 0.3) is 0 Å². The lowest BCUT2D eigenvalue weighted by atomic mass is 10.1. The van der Waals surface area contributed by atoms with Crippen LogP contribution in [0.5, 0.6) is 11.5 Å². The molecule has 0 spiro atoms. The summed E-state index contributed by atoms with van der Waals surface area (Å²) in [6.07, 6.45) is 0.794. The van der Waals surface area contributed by atoms with Gasteiger partial charge in [0.2, 0.25) is 0 Å². The Morgan fingerprint density at radius 2 is 2.04 bits per heavy atom. The lowest BCUT2D eigenvalue weighted by molar-refractivity contribution is -0.129. The van der Waals surface area contributed by atoms with Gasteiger partial charge >= 0.3 is 0 Å². The highest BCUT2D eigenvalue weighted by atomic mass is 32.2. The zero-order chi connectivity index (χ0) is 19.8. The summed E-state index contributed by atoms with van der Waals surface area (Å²) in [4.78, 5) is 18.8. The van der Waals surface area contributed by atoms with E-state index in [0.717, 1.165) is 23.1 Å². The Morgan fingerprint density at radius 3 is 2.79 bits per heavy atom. The first-order chi connectivity index (χ1) is 13.7. The van der Waals surface area contributed by atoms with Gasteiger partial charge in [-0.15, -0.1) is 0 Å². The van der Waals surface area contributed by atoms with Crippen molar-refractivity contribution in [2.75, 3.05) is 32.6 Å². The third-order valence-corrected chi connectivity index (χ3v) is 5.24. The molecule has 0 saturated carbocycles. The molecule has 2 aromatic rings. The lowest BCUT2D eigenvalue weighted by Gasteiger charge is -2.16. The topological polar surface area (TPSA) is 74.9 Å². The molecule has 0 atom stereocenters. The normalized spacial score (nSPS) is 14.7. The number of amidine groups is 1. The summed E-state index contributed by atoms with van der Waals surface area (Å²) >= 11 is 1.58. The summed E-state index contributed by atoms with van der Waals surface area (Å²) in [6, 6.07) is 16.8. The lowest BCUT2D eigenvalue weighted by Crippen LogP contribution is -2.35. The maximum Gasteiger partial charge on any atom is 0.266 e. The van der Waals surface area contributed by atoms with E-state index in [-0.39, 0.29) is 12.5 Å². The van der Waals surface area contributed by atoms with E-state index in [2.05, 4.69) is 11.1 Å². The van der Waals surface area contributed by atoms with Crippen molar-refractivity contribution in [1.29, 1.82) is 5.26 Å². The highest BCUT2D eigenvalue weighted by Crippen LogP contribution is 2.20. The number of ether oxygens (including phenoxy) is 2. The number of methoxy groups -OCH3 is 1. The van der Waals surface area contributed by atoms with Crippen LogP contribution < -0.4 is 9.47 Å². The molecule has 0 aliphatic carbocycles. The Morgan fingerprint density at radius 1 is 1.25 bits per heavy atom. The minimum Gasteiger partial charge on any atom is -0.497 e. The second-order valence-corrected chi connectivity index (χ2v) is 7.11. The van der Waals surface area contributed by atoms with E-state index in [0.29, 0.717) is 24.4 Å². The molecule has 1 aliphatic rings. The van der Waals surface area contributed by atoms with Gasteiger partial charge in [-0.3, -0.25) is 14.7 Å². The largest absolute Gasteiger partial charge is 0.497 e. The van der Waals surface area contributed by atoms with Crippen LogP contribution in [0.1, 0.15) is 11.1 Å². The summed E-state index contributed by atoms with van der Waals surface area (Å²) in [5.74, 6) is 1.92. The molecular formula is C21H21N3O3S. The Labute approximate surface area is 168 Å². The number of para-hydroxylation sites is 1. The van der Waals surface area contributed by atoms with Gasteiger partial charge < -0.3 is 9.47 Å². The monoisotopic (exact) mass is 395 g/mol. The standard InChI is InChI=1S/C21H21N3O3S/c1-26-18-8-6-16(7-9-18)10-11-23-21-24(12-13-28-21)20(25)15-27-19-5-3-2-4-17(19)14-22/h2-9H,10-13,15H2,1H3. The predicted octanol–water partition coefficient (Wildman–Crippen LogP) is 3.12. The highest BCUT2D eigenvalue weighted by molar-refractivity contribution is 8.14. The minimum atomic E-state index is -0.152. The molecule has 0 bridgehead atoms. The predicted molar refractivity (Wildman–Crippen MR) is 110 cm³/mol. The average Bonchev–Trinajstić information content (AvgIpc) is 3.21. The Bertz CT molecular complexity index is 891. The third kappa shape index (κ3) is 5.05. The summed E-state index contributed by atoms with van der Waals surface area (Å²) in [5.41, 5.74) is 1.59. The van der Waals surface area contributed by atoms with Crippen LogP contribution in [0.4, 0.5) is 0 Å². The molecule has 0 unspecified atom stereocenters. The molecule has 3 rings (SSSR count). The number of nitrogens with zero attached hydrogens (tertiary/aromatic N) is 3. The van der Waals surface area contributed by atoms with E-state index in [4.69, 9.17) is 14.7 Å². The van der Waals surface area contributed by atoms with E-state index in [9.17, 15) is 4.79 Å². The molecule has 2 aromatic carbocycles. The molecule has 7 heteroatoms. The number of carbonyl (C=O) groups is 1. The molecule has 28 heavy (non-hydrogen) atoms. The molecule has 0 radical (unpaired) electrons. The molecule has 0 aromatic heterocycles. The second-order valence-electron chi connectivity index (χ2n) is 6.05. The summed E-state index contributed by atoms with van der Waals surface area (Å²) in [7, 11) is 1.65. The van der Waals surface area contributed by atoms with Crippen molar-refractivity contribution in [1.82, 2.24) is 4.90 Å². The first-order valence-electron chi connectivity index (χ1n) is 8.93. The Kier molecular flexibility index (Phi) is 6.93. The van der Waals surface area contributed by atoms with Gasteiger partial charge in [-0.2, -0.15) is 5.26 Å². The van der Waals surface area contributed by atoms with Crippen molar-refractivity contribution in [3.05, 3.63) is 59.7 Å². The summed E-state index contributed by atoms with van der Waals surface area (Å²) < 4.78 is 10.7. The van der Waals surface area contributed by atoms with Crippen molar-refractivity contribution in [3.63, 3.8) is 0 Å². The van der Waals surface area contributed by atoms with Crippen molar-refractivity contribution in [2.24, 2.45) is 4.99 Å². The zero-order valence-electron chi connectivity index (χ0n) is 15.6. The quantitative estimate of drug-likeness (QED) is 0.720. The average molecular weight is 395 g/mol. The number of carbonyl (C=O) groups excluding carboxylic acids is 1. The number of amides is 1. The van der Waals surface area contributed by atoms with E-state index < -0.39 is 0 Å². The van der Waals surface area contributed by atoms with Gasteiger partial charge in [0.15, 0.2) is 11.8 Å². The van der Waals surface area contributed by atoms with Crippen LogP contribution in [0.15, 0.2) is 53.5 Å². The van der Waals surface area contributed by atoms with Crippen LogP contribution in [-0.2, 0) is 11.2 Å². The SMILES string of the molecule is COc1ccc(CCN=C2SCCN2C(=O)COc2ccccc2C#N)cc1. The molecule has 0 N–H and O–H groups in total. The van der Waals surface area contributed by atoms with Gasteiger partial charge in [-0.25, -0.2) is 0 Å². The second kappa shape index (κ2) is 9.81. The smallest absolute Gasteiger partial charge is 0.266 e. The van der Waals surface area contributed by atoms with Crippen LogP contribution in [0.2, 0.25) is 0 Å². The zero-order valence-corrected chi connectivity index (χ0v) is 16.4. The number of aliphatic imine (C=N–C) groups is 1. The first kappa shape index (κ1) is 19.8. The summed E-state index contributed by atoms with van der Waals surface area (Å²) in [5, 5.41) is 9.83. The molecule has 144 valence electrons. The number of hydrogen-bond donors (Lipinski definition) is 0. The van der Waals surface area contributed by atoms with E-state index in [1.165, 1.54) is 5.56 Å². The Hall–Kier alpha value is -2.98. The molecule has 1 aliphatic heterocycles. The van der Waals surface area contributed by atoms with Gasteiger partial charge in [-0.05, 0) is 36.2 Å². The van der Waals surface area contributed by atoms with Crippen LogP contribution in [0, 0.1) is 11.3 Å². The van der Waals surface area contributed by atoms with Gasteiger partial charge in [0.05, 0.1) is 12.7 Å². The molecule has 1 fully saturated rings. The van der Waals surface area contributed by atoms with Crippen molar-refractivity contribution in [2.45, 2.75) is 6.42 Å². The maximum absolute atomic E-state index is 12.5. The van der Waals surface area contributed by atoms with Crippen molar-refractivity contribution >= 4 is 22.8 Å². The molecule has 1 saturated heterocycles. The van der Waals surface area contributed by atoms with Crippen LogP contribution in [0.3, 0.4) is 0 Å². The number of rotatable bonds is 7. The fourth-order valence-electron chi connectivity index (χ4n) is 2.74. The van der Waals surface area contributed by atoms with Gasteiger partial charge in [0, 0.05) is 18.8 Å². The van der Waals surface area contributed by atoms with E-state index >= 15 is 0 Å². The molecule has 6 nitrogen and oxygen atoms in total. The number of nitriles is 1. The number of benzene rings is 2. The fourth-order valence-corrected chi connectivity index (χ4v) is 3.73. The minimum absolute atomic E-state index is 0.114. The van der Waals surface area contributed by atoms with Crippen molar-refractivity contribution in [3.8, 4) is 17.6 Å². The fraction of sp³-hybridized carbons (Fsp3) is 0.286. The number of hydrogen-bond acceptors (Lipinski definition) is 6. The first-order valence-corrected chi connectivity index (χ1v) is 9.92. The van der Waals surface area contributed by atoms with Crippen LogP contribution in [-0.4, -0.2) is 48.5 Å². The maximum atomic E-state index is 12.5. The van der Waals surface area contributed by atoms with Gasteiger partial charge in [-0.1, -0.05) is 36.0 Å². The molecule has 1 heterocycles. The summed E-state index contributed by atoms with van der Waals surface area (Å²) in [6.45, 7) is 1.11. The number of thioether (sulfide) groups is 1. The molecular weight excluding hydrogens is 374 g/mol. The van der Waals surface area contributed by atoms with Crippen molar-refractivity contribution < 1.29 is 14.3 Å². The highest BCUT2D eigenvalue weighted by Gasteiger charge is 2.26. The molecule has 1 amide bonds. The van der Waals surface area contributed by atoms with E-state index in [1.54, 1.807) is 48.0 Å². The Balaban J connectivity index is 1.54. The van der Waals surface area contributed by atoms with Gasteiger partial charge in [0.25, 0.3) is 5.91 Å². The third-order valence-electron chi connectivity index (χ3n) is 4.24. The van der Waals surface area contributed by atoms with Crippen LogP contribution >= 0.6 is 11.8 Å². The van der Waals surface area contributed by atoms with Gasteiger partial charge in [0.1, 0.15) is 17.6 Å². The van der Waals surface area contributed by atoms with E-state index in [1.807, 2.05) is 24.3 Å².